The Balaban J connectivity index is 2.65. The zero-order chi connectivity index (χ0) is 16.8. The van der Waals surface area contributed by atoms with Gasteiger partial charge in [0.1, 0.15) is 5.75 Å². The number of sulfonamides is 1. The Morgan fingerprint density at radius 1 is 1.18 bits per heavy atom. The molecule has 124 valence electrons. The molecule has 0 atom stereocenters. The molecule has 0 aliphatic carbocycles. The van der Waals surface area contributed by atoms with Crippen LogP contribution in [0.15, 0.2) is 29.2 Å². The first kappa shape index (κ1) is 18.4. The van der Waals surface area contributed by atoms with Crippen LogP contribution in [0.5, 0.6) is 5.75 Å². The number of carbonyl (C=O) groups is 1. The number of amides is 1. The van der Waals surface area contributed by atoms with Crippen molar-refractivity contribution in [1.82, 2.24) is 10.0 Å². The number of hydrogen-bond donors (Lipinski definition) is 2. The Morgan fingerprint density at radius 2 is 1.77 bits per heavy atom. The van der Waals surface area contributed by atoms with Gasteiger partial charge in [-0.2, -0.15) is 0 Å². The summed E-state index contributed by atoms with van der Waals surface area (Å²) in [7, 11) is -3.56. The van der Waals surface area contributed by atoms with Crippen LogP contribution in [0.4, 0.5) is 0 Å². The molecule has 2 N–H and O–H groups in total. The molecule has 1 aromatic rings. The summed E-state index contributed by atoms with van der Waals surface area (Å²) >= 11 is 0. The van der Waals surface area contributed by atoms with Crippen LogP contribution in [0, 0.1) is 0 Å². The molecular formula is C15H24N2O4S. The summed E-state index contributed by atoms with van der Waals surface area (Å²) in [6, 6.07) is 5.97. The average molecular weight is 328 g/mol. The molecule has 0 fully saturated rings. The van der Waals surface area contributed by atoms with Crippen LogP contribution in [0.2, 0.25) is 0 Å². The fraction of sp³-hybridized carbons (Fsp3) is 0.533. The summed E-state index contributed by atoms with van der Waals surface area (Å²) in [5.74, 6) is 0.245. The first-order valence-corrected chi connectivity index (χ1v) is 8.66. The minimum atomic E-state index is -3.56. The largest absolute Gasteiger partial charge is 0.484 e. The summed E-state index contributed by atoms with van der Waals surface area (Å²) in [6.07, 6.45) is 0.860. The van der Waals surface area contributed by atoms with Gasteiger partial charge in [0.2, 0.25) is 10.0 Å². The molecule has 7 heteroatoms. The van der Waals surface area contributed by atoms with Crippen molar-refractivity contribution >= 4 is 15.9 Å². The van der Waals surface area contributed by atoms with Crippen molar-refractivity contribution in [3.05, 3.63) is 24.3 Å². The predicted molar refractivity (Wildman–Crippen MR) is 85.3 cm³/mol. The summed E-state index contributed by atoms with van der Waals surface area (Å²) in [4.78, 5) is 11.6. The highest BCUT2D eigenvalue weighted by molar-refractivity contribution is 7.89. The van der Waals surface area contributed by atoms with Crippen LogP contribution in [0.1, 0.15) is 34.1 Å². The van der Waals surface area contributed by atoms with Crippen LogP contribution in [0.3, 0.4) is 0 Å². The maximum absolute atomic E-state index is 12.1. The van der Waals surface area contributed by atoms with E-state index < -0.39 is 15.6 Å². The second-order valence-corrected chi connectivity index (χ2v) is 7.65. The highest BCUT2D eigenvalue weighted by Gasteiger charge is 2.21. The van der Waals surface area contributed by atoms with Gasteiger partial charge in [0, 0.05) is 12.1 Å². The molecule has 1 aromatic carbocycles. The van der Waals surface area contributed by atoms with E-state index in [9.17, 15) is 13.2 Å². The minimum Gasteiger partial charge on any atom is -0.484 e. The standard InChI is InChI=1S/C15H24N2O4S/c1-5-10-16-14(18)11-21-12-6-8-13(9-7-12)22(19,20)17-15(2,3)4/h6-9,17H,5,10-11H2,1-4H3,(H,16,18). The number of nitrogens with one attached hydrogen (secondary N) is 2. The lowest BCUT2D eigenvalue weighted by molar-refractivity contribution is -0.123. The molecule has 0 unspecified atom stereocenters. The van der Waals surface area contributed by atoms with E-state index in [1.165, 1.54) is 24.3 Å². The highest BCUT2D eigenvalue weighted by atomic mass is 32.2. The van der Waals surface area contributed by atoms with E-state index in [-0.39, 0.29) is 17.4 Å². The maximum Gasteiger partial charge on any atom is 0.257 e. The zero-order valence-electron chi connectivity index (χ0n) is 13.5. The Hall–Kier alpha value is -1.60. The Labute approximate surface area is 132 Å². The Kier molecular flexibility index (Phi) is 6.37. The summed E-state index contributed by atoms with van der Waals surface area (Å²) in [6.45, 7) is 7.81. The van der Waals surface area contributed by atoms with E-state index in [0.29, 0.717) is 12.3 Å². The molecule has 0 spiro atoms. The van der Waals surface area contributed by atoms with Gasteiger partial charge in [-0.25, -0.2) is 13.1 Å². The van der Waals surface area contributed by atoms with Gasteiger partial charge in [-0.15, -0.1) is 0 Å². The van der Waals surface area contributed by atoms with E-state index in [1.54, 1.807) is 20.8 Å². The van der Waals surface area contributed by atoms with Gasteiger partial charge in [-0.1, -0.05) is 6.92 Å². The molecular weight excluding hydrogens is 304 g/mol. The van der Waals surface area contributed by atoms with Gasteiger partial charge in [-0.05, 0) is 51.5 Å². The lowest BCUT2D eigenvalue weighted by atomic mass is 10.1. The van der Waals surface area contributed by atoms with Gasteiger partial charge in [0.05, 0.1) is 4.90 Å². The second-order valence-electron chi connectivity index (χ2n) is 5.97. The van der Waals surface area contributed by atoms with Crippen LogP contribution < -0.4 is 14.8 Å². The zero-order valence-corrected chi connectivity index (χ0v) is 14.3. The fourth-order valence-electron chi connectivity index (χ4n) is 1.64. The predicted octanol–water partition coefficient (Wildman–Crippen LogP) is 1.67. The molecule has 6 nitrogen and oxygen atoms in total. The second kappa shape index (κ2) is 7.60. The number of ether oxygens (including phenoxy) is 1. The lowest BCUT2D eigenvalue weighted by Gasteiger charge is -2.20. The quantitative estimate of drug-likeness (QED) is 0.797. The third kappa shape index (κ3) is 6.44. The minimum absolute atomic E-state index is 0.0909. The lowest BCUT2D eigenvalue weighted by Crippen LogP contribution is -2.40. The molecule has 0 heterocycles. The molecule has 22 heavy (non-hydrogen) atoms. The van der Waals surface area contributed by atoms with E-state index in [0.717, 1.165) is 6.42 Å². The van der Waals surface area contributed by atoms with Gasteiger partial charge >= 0.3 is 0 Å². The molecule has 0 radical (unpaired) electrons. The highest BCUT2D eigenvalue weighted by Crippen LogP contribution is 2.17. The fourth-order valence-corrected chi connectivity index (χ4v) is 3.06. The topological polar surface area (TPSA) is 84.5 Å². The van der Waals surface area contributed by atoms with Crippen LogP contribution in [-0.4, -0.2) is 33.0 Å². The third-order valence-corrected chi connectivity index (χ3v) is 4.29. The van der Waals surface area contributed by atoms with Gasteiger partial charge < -0.3 is 10.1 Å². The van der Waals surface area contributed by atoms with Gasteiger partial charge in [-0.3, -0.25) is 4.79 Å². The SMILES string of the molecule is CCCNC(=O)COc1ccc(S(=O)(=O)NC(C)(C)C)cc1. The van der Waals surface area contributed by atoms with Gasteiger partial charge in [0.15, 0.2) is 6.61 Å². The van der Waals surface area contributed by atoms with Crippen molar-refractivity contribution in [3.8, 4) is 5.75 Å². The average Bonchev–Trinajstić information content (AvgIpc) is 2.40. The van der Waals surface area contributed by atoms with Crippen LogP contribution in [-0.2, 0) is 14.8 Å². The molecule has 0 aromatic heterocycles. The monoisotopic (exact) mass is 328 g/mol. The molecule has 1 rings (SSSR count). The van der Waals surface area contributed by atoms with E-state index in [1.807, 2.05) is 6.92 Å². The number of rotatable bonds is 7. The molecule has 0 saturated carbocycles. The van der Waals surface area contributed by atoms with Crippen LogP contribution in [0.25, 0.3) is 0 Å². The van der Waals surface area contributed by atoms with Crippen molar-refractivity contribution in [2.24, 2.45) is 0 Å². The summed E-state index contributed by atoms with van der Waals surface area (Å²) in [5.41, 5.74) is -0.550. The molecule has 0 saturated heterocycles. The first-order valence-electron chi connectivity index (χ1n) is 7.17. The number of carbonyl (C=O) groups excluding carboxylic acids is 1. The van der Waals surface area contributed by atoms with E-state index >= 15 is 0 Å². The molecule has 0 aliphatic rings. The van der Waals surface area contributed by atoms with E-state index in [2.05, 4.69) is 10.0 Å². The summed E-state index contributed by atoms with van der Waals surface area (Å²) in [5, 5.41) is 2.69. The Bertz CT molecular complexity index is 589. The summed E-state index contributed by atoms with van der Waals surface area (Å²) < 4.78 is 32.1. The van der Waals surface area contributed by atoms with Gasteiger partial charge in [0.25, 0.3) is 5.91 Å². The van der Waals surface area contributed by atoms with Crippen molar-refractivity contribution in [2.45, 2.75) is 44.6 Å². The van der Waals surface area contributed by atoms with Crippen LogP contribution >= 0.6 is 0 Å². The first-order chi connectivity index (χ1) is 10.1. The van der Waals surface area contributed by atoms with Crippen molar-refractivity contribution in [2.75, 3.05) is 13.2 Å². The third-order valence-electron chi connectivity index (χ3n) is 2.52. The molecule has 0 bridgehead atoms. The normalized spacial score (nSPS) is 12.0. The molecule has 1 amide bonds. The number of hydrogen-bond acceptors (Lipinski definition) is 4. The van der Waals surface area contributed by atoms with E-state index in [4.69, 9.17) is 4.74 Å². The van der Waals surface area contributed by atoms with Crippen molar-refractivity contribution < 1.29 is 17.9 Å². The molecule has 0 aliphatic heterocycles. The van der Waals surface area contributed by atoms with Crippen molar-refractivity contribution in [1.29, 1.82) is 0 Å². The smallest absolute Gasteiger partial charge is 0.257 e. The van der Waals surface area contributed by atoms with Crippen molar-refractivity contribution in [3.63, 3.8) is 0 Å². The number of benzene rings is 1. The maximum atomic E-state index is 12.1. The Morgan fingerprint density at radius 3 is 2.27 bits per heavy atom.